The average molecular weight is 237 g/mol. The third-order valence-corrected chi connectivity index (χ3v) is 3.67. The lowest BCUT2D eigenvalue weighted by Gasteiger charge is -2.28. The predicted octanol–water partition coefficient (Wildman–Crippen LogP) is 2.25. The summed E-state index contributed by atoms with van der Waals surface area (Å²) in [7, 11) is 2.21. The summed E-state index contributed by atoms with van der Waals surface area (Å²) in [6, 6.07) is 2.37. The fourth-order valence-electron chi connectivity index (χ4n) is 2.44. The maximum Gasteiger partial charge on any atom is 0.0683 e. The van der Waals surface area contributed by atoms with E-state index in [1.165, 1.54) is 32.5 Å². The van der Waals surface area contributed by atoms with Crippen molar-refractivity contribution in [3.63, 3.8) is 0 Å². The molecule has 1 rings (SSSR count). The van der Waals surface area contributed by atoms with Crippen LogP contribution in [-0.2, 0) is 0 Å². The Labute approximate surface area is 106 Å². The number of nitrogens with one attached hydrogen (secondary N) is 1. The van der Waals surface area contributed by atoms with Crippen molar-refractivity contribution in [1.82, 2.24) is 10.2 Å². The zero-order valence-electron chi connectivity index (χ0n) is 11.6. The summed E-state index contributed by atoms with van der Waals surface area (Å²) in [6.07, 6.45) is 4.75. The van der Waals surface area contributed by atoms with Gasteiger partial charge in [-0.2, -0.15) is 5.26 Å². The molecule has 1 N–H and O–H groups in total. The second-order valence-electron chi connectivity index (χ2n) is 6.05. The van der Waals surface area contributed by atoms with E-state index in [0.717, 1.165) is 25.3 Å². The van der Waals surface area contributed by atoms with Gasteiger partial charge in [0.1, 0.15) is 0 Å². The normalized spacial score (nSPS) is 18.3. The van der Waals surface area contributed by atoms with Crippen molar-refractivity contribution in [3.05, 3.63) is 0 Å². The number of nitriles is 1. The topological polar surface area (TPSA) is 39.1 Å². The molecule has 1 fully saturated rings. The predicted molar refractivity (Wildman–Crippen MR) is 71.7 cm³/mol. The highest BCUT2D eigenvalue weighted by Crippen LogP contribution is 2.21. The Morgan fingerprint density at radius 3 is 2.59 bits per heavy atom. The van der Waals surface area contributed by atoms with Crippen molar-refractivity contribution in [1.29, 1.82) is 5.26 Å². The fourth-order valence-corrected chi connectivity index (χ4v) is 2.44. The van der Waals surface area contributed by atoms with E-state index in [-0.39, 0.29) is 5.41 Å². The smallest absolute Gasteiger partial charge is 0.0683 e. The van der Waals surface area contributed by atoms with Gasteiger partial charge in [-0.1, -0.05) is 0 Å². The molecule has 0 atom stereocenters. The van der Waals surface area contributed by atoms with Crippen LogP contribution < -0.4 is 5.32 Å². The molecule has 0 saturated carbocycles. The van der Waals surface area contributed by atoms with E-state index in [1.807, 2.05) is 13.8 Å². The molecule has 0 aromatic heterocycles. The van der Waals surface area contributed by atoms with Crippen LogP contribution in [-0.4, -0.2) is 38.1 Å². The zero-order chi connectivity index (χ0) is 12.7. The second-order valence-corrected chi connectivity index (χ2v) is 6.05. The molecular formula is C14H27N3. The Kier molecular flexibility index (Phi) is 5.94. The summed E-state index contributed by atoms with van der Waals surface area (Å²) >= 11 is 0. The van der Waals surface area contributed by atoms with Gasteiger partial charge in [-0.05, 0) is 72.1 Å². The lowest BCUT2D eigenvalue weighted by molar-refractivity contribution is 0.230. The molecule has 0 radical (unpaired) electrons. The van der Waals surface area contributed by atoms with Gasteiger partial charge in [0.2, 0.25) is 0 Å². The largest absolute Gasteiger partial charge is 0.317 e. The van der Waals surface area contributed by atoms with Gasteiger partial charge in [-0.15, -0.1) is 0 Å². The fraction of sp³-hybridized carbons (Fsp3) is 0.929. The van der Waals surface area contributed by atoms with Gasteiger partial charge in [0.25, 0.3) is 0 Å². The first-order valence-corrected chi connectivity index (χ1v) is 6.84. The van der Waals surface area contributed by atoms with E-state index in [2.05, 4.69) is 23.3 Å². The van der Waals surface area contributed by atoms with Crippen LogP contribution in [0.15, 0.2) is 0 Å². The van der Waals surface area contributed by atoms with Gasteiger partial charge in [0.05, 0.1) is 11.5 Å². The van der Waals surface area contributed by atoms with Crippen molar-refractivity contribution in [2.45, 2.75) is 39.5 Å². The molecule has 17 heavy (non-hydrogen) atoms. The molecule has 3 nitrogen and oxygen atoms in total. The standard InChI is InChI=1S/C14H27N3/c1-14(2,12-15)7-4-10-17(3)11-13-5-8-16-9-6-13/h13,16H,4-11H2,1-3H3. The lowest BCUT2D eigenvalue weighted by Crippen LogP contribution is -2.35. The van der Waals surface area contributed by atoms with Crippen molar-refractivity contribution in [2.75, 3.05) is 33.2 Å². The van der Waals surface area contributed by atoms with E-state index in [0.29, 0.717) is 0 Å². The molecule has 1 aliphatic rings. The minimum Gasteiger partial charge on any atom is -0.317 e. The molecule has 0 aliphatic carbocycles. The van der Waals surface area contributed by atoms with Crippen LogP contribution in [0.1, 0.15) is 39.5 Å². The van der Waals surface area contributed by atoms with Crippen LogP contribution in [0.5, 0.6) is 0 Å². The Balaban J connectivity index is 2.12. The summed E-state index contributed by atoms with van der Waals surface area (Å²) in [5.74, 6) is 0.866. The van der Waals surface area contributed by atoms with E-state index in [4.69, 9.17) is 5.26 Å². The van der Waals surface area contributed by atoms with Crippen LogP contribution in [0, 0.1) is 22.7 Å². The Morgan fingerprint density at radius 2 is 2.00 bits per heavy atom. The SMILES string of the molecule is CN(CCCC(C)(C)C#N)CC1CCNCC1. The van der Waals surface area contributed by atoms with Crippen LogP contribution in [0.4, 0.5) is 0 Å². The maximum atomic E-state index is 8.95. The Bertz CT molecular complexity index is 249. The van der Waals surface area contributed by atoms with Gasteiger partial charge in [-0.25, -0.2) is 0 Å². The lowest BCUT2D eigenvalue weighted by atomic mass is 9.89. The Hall–Kier alpha value is -0.590. The van der Waals surface area contributed by atoms with Crippen molar-refractivity contribution >= 4 is 0 Å². The third kappa shape index (κ3) is 6.05. The minimum atomic E-state index is -0.157. The van der Waals surface area contributed by atoms with E-state index in [9.17, 15) is 0 Å². The van der Waals surface area contributed by atoms with Crippen LogP contribution in [0.2, 0.25) is 0 Å². The first kappa shape index (κ1) is 14.5. The maximum absolute atomic E-state index is 8.95. The zero-order valence-corrected chi connectivity index (χ0v) is 11.6. The van der Waals surface area contributed by atoms with E-state index in [1.54, 1.807) is 0 Å². The van der Waals surface area contributed by atoms with Crippen molar-refractivity contribution in [3.8, 4) is 6.07 Å². The summed E-state index contributed by atoms with van der Waals surface area (Å²) in [6.45, 7) is 8.75. The molecular weight excluding hydrogens is 210 g/mol. The van der Waals surface area contributed by atoms with Crippen molar-refractivity contribution < 1.29 is 0 Å². The van der Waals surface area contributed by atoms with E-state index >= 15 is 0 Å². The Morgan fingerprint density at radius 1 is 1.35 bits per heavy atom. The van der Waals surface area contributed by atoms with Gasteiger partial charge in [0.15, 0.2) is 0 Å². The van der Waals surface area contributed by atoms with Gasteiger partial charge >= 0.3 is 0 Å². The van der Waals surface area contributed by atoms with Gasteiger partial charge in [0, 0.05) is 6.54 Å². The van der Waals surface area contributed by atoms with Crippen LogP contribution in [0.25, 0.3) is 0 Å². The van der Waals surface area contributed by atoms with Crippen LogP contribution in [0.3, 0.4) is 0 Å². The number of nitrogens with zero attached hydrogens (tertiary/aromatic N) is 2. The highest BCUT2D eigenvalue weighted by Gasteiger charge is 2.18. The molecule has 1 saturated heterocycles. The highest BCUT2D eigenvalue weighted by atomic mass is 15.1. The molecule has 0 aromatic rings. The summed E-state index contributed by atoms with van der Waals surface area (Å²) < 4.78 is 0. The van der Waals surface area contributed by atoms with Crippen molar-refractivity contribution in [2.24, 2.45) is 11.3 Å². The third-order valence-electron chi connectivity index (χ3n) is 3.67. The number of hydrogen-bond acceptors (Lipinski definition) is 3. The van der Waals surface area contributed by atoms with E-state index < -0.39 is 0 Å². The molecule has 0 aromatic carbocycles. The number of piperidine rings is 1. The van der Waals surface area contributed by atoms with Gasteiger partial charge in [-0.3, -0.25) is 0 Å². The number of hydrogen-bond donors (Lipinski definition) is 1. The molecule has 0 unspecified atom stereocenters. The molecule has 0 amide bonds. The summed E-state index contributed by atoms with van der Waals surface area (Å²) in [5, 5.41) is 12.4. The minimum absolute atomic E-state index is 0.157. The summed E-state index contributed by atoms with van der Waals surface area (Å²) in [5.41, 5.74) is -0.157. The highest BCUT2D eigenvalue weighted by molar-refractivity contribution is 4.91. The first-order chi connectivity index (χ1) is 8.03. The quantitative estimate of drug-likeness (QED) is 0.770. The molecule has 0 spiro atoms. The molecule has 3 heteroatoms. The number of rotatable bonds is 6. The second kappa shape index (κ2) is 6.98. The molecule has 1 aliphatic heterocycles. The monoisotopic (exact) mass is 237 g/mol. The molecule has 1 heterocycles. The molecule has 0 bridgehead atoms. The van der Waals surface area contributed by atoms with Gasteiger partial charge < -0.3 is 10.2 Å². The molecule has 98 valence electrons. The average Bonchev–Trinajstić information content (AvgIpc) is 2.30. The first-order valence-electron chi connectivity index (χ1n) is 6.84. The summed E-state index contributed by atoms with van der Waals surface area (Å²) in [4.78, 5) is 2.43. The van der Waals surface area contributed by atoms with Crippen LogP contribution >= 0.6 is 0 Å².